The maximum absolute atomic E-state index is 12.8. The van der Waals surface area contributed by atoms with E-state index in [1.165, 1.54) is 0 Å². The summed E-state index contributed by atoms with van der Waals surface area (Å²) in [4.78, 5) is 37.6. The fourth-order valence-electron chi connectivity index (χ4n) is 4.25. The van der Waals surface area contributed by atoms with Crippen LogP contribution in [0.15, 0.2) is 24.7 Å². The van der Waals surface area contributed by atoms with Gasteiger partial charge in [0, 0.05) is 69.6 Å². The van der Waals surface area contributed by atoms with Gasteiger partial charge >= 0.3 is 0 Å². The Morgan fingerprint density at radius 1 is 1.21 bits per heavy atom. The largest absolute Gasteiger partial charge is 0.343 e. The molecule has 2 aliphatic rings. The van der Waals surface area contributed by atoms with Crippen LogP contribution < -0.4 is 0 Å². The minimum Gasteiger partial charge on any atom is -0.343 e. The first-order valence-electron chi connectivity index (χ1n) is 10.4. The topological polar surface area (TPSA) is 84.2 Å². The standard InChI is InChI=1S/C21H28N6O2/c1-15(13-27-8-3-7-23-27)21(29)26-11-6-19-18(14-26)12-22-20(24-19)17-4-9-25(10-5-17)16(2)28/h3,7-8,12,15,17H,4-6,9-11,13-14H2,1-2H3/t15-/m1/s1. The molecule has 4 heterocycles. The van der Waals surface area contributed by atoms with Gasteiger partial charge in [-0.15, -0.1) is 0 Å². The number of fused-ring (bicyclic) bond motifs is 1. The van der Waals surface area contributed by atoms with Gasteiger partial charge in [-0.25, -0.2) is 9.97 Å². The molecule has 0 saturated carbocycles. The molecule has 4 rings (SSSR count). The van der Waals surface area contributed by atoms with Crippen LogP contribution in [0.2, 0.25) is 0 Å². The van der Waals surface area contributed by atoms with Gasteiger partial charge in [-0.3, -0.25) is 14.3 Å². The highest BCUT2D eigenvalue weighted by Crippen LogP contribution is 2.27. The lowest BCUT2D eigenvalue weighted by molar-refractivity contribution is -0.136. The van der Waals surface area contributed by atoms with Gasteiger partial charge < -0.3 is 9.80 Å². The second-order valence-corrected chi connectivity index (χ2v) is 8.12. The quantitative estimate of drug-likeness (QED) is 0.784. The van der Waals surface area contributed by atoms with E-state index >= 15 is 0 Å². The Morgan fingerprint density at radius 2 is 2.00 bits per heavy atom. The smallest absolute Gasteiger partial charge is 0.227 e. The van der Waals surface area contributed by atoms with Crippen molar-refractivity contribution in [3.05, 3.63) is 41.7 Å². The maximum atomic E-state index is 12.8. The first-order valence-corrected chi connectivity index (χ1v) is 10.4. The van der Waals surface area contributed by atoms with Crippen molar-refractivity contribution in [2.24, 2.45) is 5.92 Å². The van der Waals surface area contributed by atoms with Gasteiger partial charge in [0.15, 0.2) is 0 Å². The van der Waals surface area contributed by atoms with Crippen LogP contribution >= 0.6 is 0 Å². The lowest BCUT2D eigenvalue weighted by Crippen LogP contribution is -2.41. The van der Waals surface area contributed by atoms with E-state index in [4.69, 9.17) is 4.98 Å². The summed E-state index contributed by atoms with van der Waals surface area (Å²) in [5.74, 6) is 1.36. The summed E-state index contributed by atoms with van der Waals surface area (Å²) >= 11 is 0. The van der Waals surface area contributed by atoms with Crippen molar-refractivity contribution < 1.29 is 9.59 Å². The highest BCUT2D eigenvalue weighted by atomic mass is 16.2. The van der Waals surface area contributed by atoms with E-state index in [1.54, 1.807) is 17.8 Å². The minimum absolute atomic E-state index is 0.122. The number of carbonyl (C=O) groups excluding carboxylic acids is 2. The molecule has 8 heteroatoms. The number of aromatic nitrogens is 4. The van der Waals surface area contributed by atoms with E-state index < -0.39 is 0 Å². The third-order valence-electron chi connectivity index (χ3n) is 6.01. The van der Waals surface area contributed by atoms with Crippen LogP contribution in [0.5, 0.6) is 0 Å². The number of nitrogens with zero attached hydrogens (tertiary/aromatic N) is 6. The molecule has 0 bridgehead atoms. The van der Waals surface area contributed by atoms with Gasteiger partial charge in [0.05, 0.1) is 18.2 Å². The highest BCUT2D eigenvalue weighted by Gasteiger charge is 2.28. The fourth-order valence-corrected chi connectivity index (χ4v) is 4.25. The van der Waals surface area contributed by atoms with Crippen molar-refractivity contribution in [2.45, 2.75) is 52.1 Å². The SMILES string of the molecule is CC(=O)N1CCC(c2ncc3c(n2)CCN(C(=O)[C@H](C)Cn2cccn2)C3)CC1. The van der Waals surface area contributed by atoms with E-state index in [1.807, 2.05) is 35.2 Å². The van der Waals surface area contributed by atoms with Crippen LogP contribution in [0.25, 0.3) is 0 Å². The zero-order valence-electron chi connectivity index (χ0n) is 17.1. The fraction of sp³-hybridized carbons (Fsp3) is 0.571. The van der Waals surface area contributed by atoms with Crippen LogP contribution in [0, 0.1) is 5.92 Å². The Hall–Kier alpha value is -2.77. The van der Waals surface area contributed by atoms with Gasteiger partial charge in [0.25, 0.3) is 0 Å². The first-order chi connectivity index (χ1) is 14.0. The number of carbonyl (C=O) groups is 2. The molecule has 1 saturated heterocycles. The molecule has 0 aliphatic carbocycles. The van der Waals surface area contributed by atoms with Crippen molar-refractivity contribution in [2.75, 3.05) is 19.6 Å². The van der Waals surface area contributed by atoms with Crippen molar-refractivity contribution in [3.63, 3.8) is 0 Å². The van der Waals surface area contributed by atoms with Crippen LogP contribution in [0.4, 0.5) is 0 Å². The molecule has 2 aromatic heterocycles. The van der Waals surface area contributed by atoms with Gasteiger partial charge in [0.2, 0.25) is 11.8 Å². The average molecular weight is 396 g/mol. The summed E-state index contributed by atoms with van der Waals surface area (Å²) in [5, 5.41) is 4.19. The van der Waals surface area contributed by atoms with Crippen molar-refractivity contribution >= 4 is 11.8 Å². The highest BCUT2D eigenvalue weighted by molar-refractivity contribution is 5.78. The van der Waals surface area contributed by atoms with Crippen LogP contribution in [0.3, 0.4) is 0 Å². The molecule has 0 unspecified atom stereocenters. The number of rotatable bonds is 4. The monoisotopic (exact) mass is 396 g/mol. The number of amides is 2. The first kappa shape index (κ1) is 19.5. The molecule has 0 radical (unpaired) electrons. The second-order valence-electron chi connectivity index (χ2n) is 8.12. The van der Waals surface area contributed by atoms with Crippen LogP contribution in [0.1, 0.15) is 49.7 Å². The van der Waals surface area contributed by atoms with Crippen molar-refractivity contribution in [1.29, 1.82) is 0 Å². The summed E-state index contributed by atoms with van der Waals surface area (Å²) in [6.07, 6.45) is 8.09. The van der Waals surface area contributed by atoms with Gasteiger partial charge in [-0.2, -0.15) is 5.10 Å². The Bertz CT molecular complexity index is 873. The van der Waals surface area contributed by atoms with E-state index in [0.29, 0.717) is 25.6 Å². The molecule has 29 heavy (non-hydrogen) atoms. The Labute approximate surface area is 170 Å². The number of likely N-dealkylation sites (tertiary alicyclic amines) is 1. The van der Waals surface area contributed by atoms with Crippen molar-refractivity contribution in [3.8, 4) is 0 Å². The Balaban J connectivity index is 1.38. The predicted molar refractivity (Wildman–Crippen MR) is 107 cm³/mol. The summed E-state index contributed by atoms with van der Waals surface area (Å²) in [6.45, 7) is 6.97. The third-order valence-corrected chi connectivity index (χ3v) is 6.01. The zero-order chi connectivity index (χ0) is 20.4. The van der Waals surface area contributed by atoms with E-state index in [-0.39, 0.29) is 17.7 Å². The number of hydrogen-bond acceptors (Lipinski definition) is 5. The minimum atomic E-state index is -0.122. The molecule has 154 valence electrons. The molecule has 2 aliphatic heterocycles. The number of piperidine rings is 1. The van der Waals surface area contributed by atoms with E-state index in [2.05, 4.69) is 10.1 Å². The molecule has 0 aromatic carbocycles. The van der Waals surface area contributed by atoms with E-state index in [9.17, 15) is 9.59 Å². The van der Waals surface area contributed by atoms with E-state index in [0.717, 1.165) is 49.4 Å². The molecule has 1 fully saturated rings. The average Bonchev–Trinajstić information content (AvgIpc) is 3.25. The van der Waals surface area contributed by atoms with Crippen LogP contribution in [-0.2, 0) is 29.1 Å². The molecule has 2 aromatic rings. The Kier molecular flexibility index (Phi) is 5.60. The normalized spacial score (nSPS) is 18.4. The van der Waals surface area contributed by atoms with Crippen molar-refractivity contribution in [1.82, 2.24) is 29.5 Å². The van der Waals surface area contributed by atoms with Gasteiger partial charge in [0.1, 0.15) is 5.82 Å². The lowest BCUT2D eigenvalue weighted by Gasteiger charge is -2.32. The van der Waals surface area contributed by atoms with Crippen LogP contribution in [-0.4, -0.2) is 61.0 Å². The summed E-state index contributed by atoms with van der Waals surface area (Å²) in [5.41, 5.74) is 2.11. The molecule has 0 spiro atoms. The zero-order valence-corrected chi connectivity index (χ0v) is 17.1. The molecule has 1 atom stereocenters. The Morgan fingerprint density at radius 3 is 2.69 bits per heavy atom. The molecular formula is C21H28N6O2. The molecule has 2 amide bonds. The lowest BCUT2D eigenvalue weighted by atomic mass is 9.95. The summed E-state index contributed by atoms with van der Waals surface area (Å²) in [6, 6.07) is 1.87. The summed E-state index contributed by atoms with van der Waals surface area (Å²) in [7, 11) is 0. The predicted octanol–water partition coefficient (Wildman–Crippen LogP) is 1.62. The second kappa shape index (κ2) is 8.31. The number of hydrogen-bond donors (Lipinski definition) is 0. The van der Waals surface area contributed by atoms with Gasteiger partial charge in [-0.05, 0) is 18.9 Å². The third kappa shape index (κ3) is 4.31. The molecule has 0 N–H and O–H groups in total. The van der Waals surface area contributed by atoms with Gasteiger partial charge in [-0.1, -0.05) is 6.92 Å². The molecular weight excluding hydrogens is 368 g/mol. The summed E-state index contributed by atoms with van der Waals surface area (Å²) < 4.78 is 1.80. The molecule has 8 nitrogen and oxygen atoms in total. The maximum Gasteiger partial charge on any atom is 0.227 e.